The Kier molecular flexibility index (Phi) is 3.48. The number of rotatable bonds is 3. The maximum Gasteiger partial charge on any atom is 0.264 e. The molecule has 100 valence electrons. The predicted molar refractivity (Wildman–Crippen MR) is 71.2 cm³/mol. The highest BCUT2D eigenvalue weighted by Gasteiger charge is 2.33. The van der Waals surface area contributed by atoms with Crippen molar-refractivity contribution >= 4 is 0 Å². The van der Waals surface area contributed by atoms with Gasteiger partial charge in [0.15, 0.2) is 0 Å². The average molecular weight is 252 g/mol. The SMILES string of the molecule is CC(c1c(C(F)F)cccc1C1CC1)C(C)(C)C. The molecule has 18 heavy (non-hydrogen) atoms. The Morgan fingerprint density at radius 2 is 1.78 bits per heavy atom. The molecule has 0 N–H and O–H groups in total. The summed E-state index contributed by atoms with van der Waals surface area (Å²) in [5.74, 6) is 0.668. The summed E-state index contributed by atoms with van der Waals surface area (Å²) in [5.41, 5.74) is 2.31. The zero-order valence-electron chi connectivity index (χ0n) is 11.6. The second kappa shape index (κ2) is 4.64. The van der Waals surface area contributed by atoms with Gasteiger partial charge < -0.3 is 0 Å². The lowest BCUT2D eigenvalue weighted by atomic mass is 9.74. The molecular weight excluding hydrogens is 230 g/mol. The van der Waals surface area contributed by atoms with E-state index in [0.717, 1.165) is 24.0 Å². The summed E-state index contributed by atoms with van der Waals surface area (Å²) in [6.45, 7) is 8.44. The molecule has 0 nitrogen and oxygen atoms in total. The van der Waals surface area contributed by atoms with Crippen LogP contribution in [-0.4, -0.2) is 0 Å². The number of benzene rings is 1. The maximum absolute atomic E-state index is 13.2. The zero-order valence-corrected chi connectivity index (χ0v) is 11.6. The van der Waals surface area contributed by atoms with Gasteiger partial charge in [-0.3, -0.25) is 0 Å². The highest BCUT2D eigenvalue weighted by molar-refractivity contribution is 5.43. The van der Waals surface area contributed by atoms with Crippen LogP contribution in [0.4, 0.5) is 8.78 Å². The molecule has 0 aromatic heterocycles. The second-order valence-electron chi connectivity index (χ2n) is 6.51. The van der Waals surface area contributed by atoms with Crippen molar-refractivity contribution in [2.45, 2.75) is 58.8 Å². The van der Waals surface area contributed by atoms with E-state index < -0.39 is 6.43 Å². The van der Waals surface area contributed by atoms with E-state index in [1.807, 2.05) is 6.07 Å². The van der Waals surface area contributed by atoms with Crippen molar-refractivity contribution in [3.63, 3.8) is 0 Å². The van der Waals surface area contributed by atoms with Gasteiger partial charge in [-0.05, 0) is 41.2 Å². The molecule has 0 spiro atoms. The van der Waals surface area contributed by atoms with Crippen LogP contribution in [0.5, 0.6) is 0 Å². The quantitative estimate of drug-likeness (QED) is 0.652. The zero-order chi connectivity index (χ0) is 13.5. The largest absolute Gasteiger partial charge is 0.264 e. The highest BCUT2D eigenvalue weighted by Crippen LogP contribution is 2.48. The van der Waals surface area contributed by atoms with Gasteiger partial charge in [0, 0.05) is 5.56 Å². The molecule has 0 radical (unpaired) electrons. The van der Waals surface area contributed by atoms with E-state index >= 15 is 0 Å². The normalized spacial score (nSPS) is 18.2. The van der Waals surface area contributed by atoms with Gasteiger partial charge >= 0.3 is 0 Å². The third kappa shape index (κ3) is 2.57. The Bertz CT molecular complexity index is 405. The van der Waals surface area contributed by atoms with Crippen LogP contribution in [0.1, 0.15) is 75.5 Å². The summed E-state index contributed by atoms with van der Waals surface area (Å²) < 4.78 is 26.5. The minimum absolute atomic E-state index is 0.00856. The number of hydrogen-bond acceptors (Lipinski definition) is 0. The molecule has 2 rings (SSSR count). The van der Waals surface area contributed by atoms with Gasteiger partial charge in [-0.2, -0.15) is 0 Å². The minimum Gasteiger partial charge on any atom is -0.205 e. The van der Waals surface area contributed by atoms with E-state index in [0.29, 0.717) is 5.92 Å². The number of halogens is 2. The summed E-state index contributed by atoms with van der Waals surface area (Å²) in [7, 11) is 0. The molecule has 1 aromatic carbocycles. The lowest BCUT2D eigenvalue weighted by Crippen LogP contribution is -2.18. The molecule has 0 heterocycles. The smallest absolute Gasteiger partial charge is 0.205 e. The Morgan fingerprint density at radius 1 is 1.17 bits per heavy atom. The molecule has 1 unspecified atom stereocenters. The van der Waals surface area contributed by atoms with Crippen LogP contribution in [0, 0.1) is 5.41 Å². The number of alkyl halides is 2. The van der Waals surface area contributed by atoms with Crippen LogP contribution in [-0.2, 0) is 0 Å². The first-order valence-electron chi connectivity index (χ1n) is 6.73. The topological polar surface area (TPSA) is 0 Å². The molecule has 1 atom stereocenters. The monoisotopic (exact) mass is 252 g/mol. The summed E-state index contributed by atoms with van der Waals surface area (Å²) >= 11 is 0. The summed E-state index contributed by atoms with van der Waals surface area (Å²) in [6.07, 6.45) is -0.0730. The highest BCUT2D eigenvalue weighted by atomic mass is 19.3. The minimum atomic E-state index is -2.37. The van der Waals surface area contributed by atoms with Crippen LogP contribution in [0.25, 0.3) is 0 Å². The van der Waals surface area contributed by atoms with Crippen LogP contribution in [0.2, 0.25) is 0 Å². The van der Waals surface area contributed by atoms with E-state index in [1.54, 1.807) is 12.1 Å². The summed E-state index contributed by atoms with van der Waals surface area (Å²) in [4.78, 5) is 0. The van der Waals surface area contributed by atoms with Gasteiger partial charge in [0.25, 0.3) is 6.43 Å². The molecule has 2 heteroatoms. The second-order valence-corrected chi connectivity index (χ2v) is 6.51. The van der Waals surface area contributed by atoms with E-state index in [1.165, 1.54) is 0 Å². The van der Waals surface area contributed by atoms with Crippen molar-refractivity contribution in [1.29, 1.82) is 0 Å². The third-order valence-electron chi connectivity index (χ3n) is 4.16. The van der Waals surface area contributed by atoms with Gasteiger partial charge in [-0.25, -0.2) is 8.78 Å². The molecule has 1 aromatic rings. The summed E-state index contributed by atoms with van der Waals surface area (Å²) in [5, 5.41) is 0. The van der Waals surface area contributed by atoms with Crippen molar-refractivity contribution in [3.05, 3.63) is 34.9 Å². The van der Waals surface area contributed by atoms with Gasteiger partial charge in [0.05, 0.1) is 0 Å². The lowest BCUT2D eigenvalue weighted by molar-refractivity contribution is 0.148. The molecule has 1 aliphatic carbocycles. The van der Waals surface area contributed by atoms with E-state index in [4.69, 9.17) is 0 Å². The summed E-state index contributed by atoms with van der Waals surface area (Å²) in [6, 6.07) is 5.42. The fraction of sp³-hybridized carbons (Fsp3) is 0.625. The Morgan fingerprint density at radius 3 is 2.22 bits per heavy atom. The fourth-order valence-corrected chi connectivity index (χ4v) is 2.48. The molecule has 0 saturated heterocycles. The van der Waals surface area contributed by atoms with Crippen molar-refractivity contribution in [1.82, 2.24) is 0 Å². The first-order valence-corrected chi connectivity index (χ1v) is 6.73. The molecular formula is C16H22F2. The van der Waals surface area contributed by atoms with Crippen LogP contribution >= 0.6 is 0 Å². The predicted octanol–water partition coefficient (Wildman–Crippen LogP) is 5.65. The van der Waals surface area contributed by atoms with Gasteiger partial charge in [0.2, 0.25) is 0 Å². The Hall–Kier alpha value is -0.920. The van der Waals surface area contributed by atoms with Crippen molar-refractivity contribution in [3.8, 4) is 0 Å². The molecule has 0 amide bonds. The maximum atomic E-state index is 13.2. The van der Waals surface area contributed by atoms with Gasteiger partial charge in [-0.15, -0.1) is 0 Å². The van der Waals surface area contributed by atoms with Crippen LogP contribution in [0.3, 0.4) is 0 Å². The van der Waals surface area contributed by atoms with Crippen molar-refractivity contribution in [2.75, 3.05) is 0 Å². The van der Waals surface area contributed by atoms with E-state index in [-0.39, 0.29) is 16.9 Å². The molecule has 0 aliphatic heterocycles. The Balaban J connectivity index is 2.53. The standard InChI is InChI=1S/C16H22F2/c1-10(16(2,3)4)14-12(11-8-9-11)6-5-7-13(14)15(17)18/h5-7,10-11,15H,8-9H2,1-4H3. The van der Waals surface area contributed by atoms with Crippen molar-refractivity contribution in [2.24, 2.45) is 5.41 Å². The lowest BCUT2D eigenvalue weighted by Gasteiger charge is -2.31. The van der Waals surface area contributed by atoms with Crippen LogP contribution in [0.15, 0.2) is 18.2 Å². The first-order chi connectivity index (χ1) is 8.32. The van der Waals surface area contributed by atoms with Crippen molar-refractivity contribution < 1.29 is 8.78 Å². The third-order valence-corrected chi connectivity index (χ3v) is 4.16. The first kappa shape index (κ1) is 13.5. The van der Waals surface area contributed by atoms with Gasteiger partial charge in [0.1, 0.15) is 0 Å². The molecule has 1 fully saturated rings. The fourth-order valence-electron chi connectivity index (χ4n) is 2.48. The van der Waals surface area contributed by atoms with Crippen LogP contribution < -0.4 is 0 Å². The number of hydrogen-bond donors (Lipinski definition) is 0. The average Bonchev–Trinajstić information content (AvgIpc) is 3.09. The van der Waals surface area contributed by atoms with E-state index in [9.17, 15) is 8.78 Å². The Labute approximate surface area is 108 Å². The van der Waals surface area contributed by atoms with Gasteiger partial charge in [-0.1, -0.05) is 45.9 Å². The molecule has 1 aliphatic rings. The van der Waals surface area contributed by atoms with E-state index in [2.05, 4.69) is 27.7 Å². The molecule has 0 bridgehead atoms. The molecule has 1 saturated carbocycles.